The number of amides is 1. The summed E-state index contributed by atoms with van der Waals surface area (Å²) in [7, 11) is 4.11. The zero-order valence-corrected chi connectivity index (χ0v) is 22.2. The summed E-state index contributed by atoms with van der Waals surface area (Å²) in [5.41, 5.74) is 1.91. The smallest absolute Gasteiger partial charge is 0.335 e. The normalized spacial score (nSPS) is 25.5. The summed E-state index contributed by atoms with van der Waals surface area (Å²) in [5, 5.41) is 43.0. The Morgan fingerprint density at radius 2 is 1.65 bits per heavy atom. The Morgan fingerprint density at radius 3 is 2.25 bits per heavy atom. The fraction of sp³-hybridized carbons (Fsp3) is 0.444. The third kappa shape index (κ3) is 5.28. The van der Waals surface area contributed by atoms with Crippen molar-refractivity contribution in [3.8, 4) is 34.1 Å². The first-order valence-electron chi connectivity index (χ1n) is 12.4. The molecule has 4 rings (SSSR count). The van der Waals surface area contributed by atoms with E-state index in [4.69, 9.17) is 23.7 Å². The van der Waals surface area contributed by atoms with Crippen LogP contribution in [0, 0.1) is 0 Å². The molecule has 2 aliphatic rings. The number of aryl methyl sites for hydroxylation is 1. The van der Waals surface area contributed by atoms with Crippen LogP contribution in [0.25, 0.3) is 11.1 Å². The fourth-order valence-electron chi connectivity index (χ4n) is 5.07. The Labute approximate surface area is 228 Å². The van der Waals surface area contributed by atoms with Crippen molar-refractivity contribution >= 4 is 11.9 Å². The third-order valence-electron chi connectivity index (χ3n) is 6.93. The number of nitrogens with one attached hydrogen (secondary N) is 1. The number of carboxylic acids is 1. The summed E-state index contributed by atoms with van der Waals surface area (Å²) in [6.07, 6.45) is -8.35. The highest BCUT2D eigenvalue weighted by Crippen LogP contribution is 2.50. The van der Waals surface area contributed by atoms with Gasteiger partial charge in [0, 0.05) is 12.5 Å². The van der Waals surface area contributed by atoms with Gasteiger partial charge in [-0.1, -0.05) is 6.07 Å². The highest BCUT2D eigenvalue weighted by molar-refractivity contribution is 5.83. The lowest BCUT2D eigenvalue weighted by Gasteiger charge is -2.38. The molecule has 2 aromatic carbocycles. The third-order valence-corrected chi connectivity index (χ3v) is 6.93. The number of ether oxygens (including phenoxy) is 5. The predicted octanol–water partition coefficient (Wildman–Crippen LogP) is 0.134. The molecular weight excluding hydrogens is 530 g/mol. The maximum Gasteiger partial charge on any atom is 0.335 e. The molecule has 0 unspecified atom stereocenters. The molecule has 0 radical (unpaired) electrons. The fourth-order valence-corrected chi connectivity index (χ4v) is 5.07. The lowest BCUT2D eigenvalue weighted by molar-refractivity contribution is -0.271. The van der Waals surface area contributed by atoms with E-state index >= 15 is 0 Å². The van der Waals surface area contributed by atoms with Crippen LogP contribution in [0.5, 0.6) is 23.0 Å². The number of benzene rings is 1. The second-order valence-corrected chi connectivity index (χ2v) is 9.40. The quantitative estimate of drug-likeness (QED) is 0.308. The number of aliphatic hydroxyl groups is 3. The second kappa shape index (κ2) is 11.7. The first-order chi connectivity index (χ1) is 19.0. The molecule has 216 valence electrons. The molecular formula is C27H31NO12. The molecule has 2 aromatic rings. The van der Waals surface area contributed by atoms with E-state index in [2.05, 4.69) is 5.32 Å². The number of fused-ring (bicyclic) bond motifs is 3. The van der Waals surface area contributed by atoms with E-state index in [0.717, 1.165) is 0 Å². The second-order valence-electron chi connectivity index (χ2n) is 9.40. The number of aliphatic carboxylic acids is 1. The largest absolute Gasteiger partial charge is 0.493 e. The van der Waals surface area contributed by atoms with Crippen LogP contribution < -0.4 is 29.7 Å². The summed E-state index contributed by atoms with van der Waals surface area (Å²) in [4.78, 5) is 36.5. The molecule has 6 atom stereocenters. The van der Waals surface area contributed by atoms with Crippen LogP contribution in [-0.4, -0.2) is 84.3 Å². The van der Waals surface area contributed by atoms with E-state index in [1.54, 1.807) is 12.1 Å². The van der Waals surface area contributed by atoms with Crippen molar-refractivity contribution < 1.29 is 53.7 Å². The van der Waals surface area contributed by atoms with Crippen LogP contribution in [0.3, 0.4) is 0 Å². The SMILES string of the molecule is COc1c(O[C@@H]2O[C@H](C(=O)O)[C@@H](O)[C@H](O)[C@H]2O)cc2c(c1OC)-c1ccc(OC)c(=O)cc1[C@@H](NC(C)=O)CC2. The molecule has 1 heterocycles. The molecule has 0 bridgehead atoms. The maximum absolute atomic E-state index is 12.9. The number of carboxylic acid groups (broad SMARTS) is 1. The van der Waals surface area contributed by atoms with Crippen molar-refractivity contribution in [1.29, 1.82) is 0 Å². The Morgan fingerprint density at radius 1 is 0.950 bits per heavy atom. The summed E-state index contributed by atoms with van der Waals surface area (Å²) >= 11 is 0. The molecule has 13 heteroatoms. The average Bonchev–Trinajstić information content (AvgIpc) is 3.16. The monoisotopic (exact) mass is 561 g/mol. The van der Waals surface area contributed by atoms with Gasteiger partial charge in [-0.3, -0.25) is 9.59 Å². The van der Waals surface area contributed by atoms with E-state index in [-0.39, 0.29) is 34.3 Å². The topological polar surface area (TPSA) is 190 Å². The zero-order chi connectivity index (χ0) is 29.3. The molecule has 1 aliphatic carbocycles. The molecule has 1 saturated heterocycles. The van der Waals surface area contributed by atoms with Gasteiger partial charge in [-0.05, 0) is 47.7 Å². The molecule has 0 aromatic heterocycles. The number of hydrogen-bond donors (Lipinski definition) is 5. The number of hydrogen-bond acceptors (Lipinski definition) is 11. The molecule has 40 heavy (non-hydrogen) atoms. The summed E-state index contributed by atoms with van der Waals surface area (Å²) < 4.78 is 27.7. The number of methoxy groups -OCH3 is 3. The Kier molecular flexibility index (Phi) is 8.49. The van der Waals surface area contributed by atoms with Crippen LogP contribution in [0.1, 0.15) is 30.5 Å². The van der Waals surface area contributed by atoms with Crippen molar-refractivity contribution in [3.05, 3.63) is 45.6 Å². The van der Waals surface area contributed by atoms with Gasteiger partial charge in [-0.25, -0.2) is 4.79 Å². The highest BCUT2D eigenvalue weighted by Gasteiger charge is 2.48. The van der Waals surface area contributed by atoms with Crippen LogP contribution >= 0.6 is 0 Å². The van der Waals surface area contributed by atoms with Crippen molar-refractivity contribution in [3.63, 3.8) is 0 Å². The average molecular weight is 562 g/mol. The maximum atomic E-state index is 12.9. The lowest BCUT2D eigenvalue weighted by atomic mass is 9.95. The minimum absolute atomic E-state index is 0.00296. The minimum Gasteiger partial charge on any atom is -0.493 e. The number of rotatable bonds is 7. The van der Waals surface area contributed by atoms with E-state index in [1.165, 1.54) is 40.4 Å². The van der Waals surface area contributed by atoms with Gasteiger partial charge in [0.15, 0.2) is 23.4 Å². The molecule has 0 spiro atoms. The molecule has 1 amide bonds. The van der Waals surface area contributed by atoms with Crippen molar-refractivity contribution in [2.24, 2.45) is 0 Å². The van der Waals surface area contributed by atoms with Gasteiger partial charge in [0.25, 0.3) is 0 Å². The van der Waals surface area contributed by atoms with Crippen molar-refractivity contribution in [1.82, 2.24) is 5.32 Å². The Hall–Kier alpha value is -3.91. The molecule has 5 N–H and O–H groups in total. The zero-order valence-electron chi connectivity index (χ0n) is 22.2. The van der Waals surface area contributed by atoms with Gasteiger partial charge in [0.2, 0.25) is 23.4 Å². The van der Waals surface area contributed by atoms with Crippen LogP contribution in [0.15, 0.2) is 29.1 Å². The molecule has 0 saturated carbocycles. The van der Waals surface area contributed by atoms with E-state index in [1.807, 2.05) is 0 Å². The summed E-state index contributed by atoms with van der Waals surface area (Å²) in [5.74, 6) is -1.51. The van der Waals surface area contributed by atoms with Gasteiger partial charge in [0.05, 0.1) is 27.4 Å². The van der Waals surface area contributed by atoms with Gasteiger partial charge < -0.3 is 49.4 Å². The van der Waals surface area contributed by atoms with Crippen LogP contribution in [0.2, 0.25) is 0 Å². The molecule has 13 nitrogen and oxygen atoms in total. The number of carbonyl (C=O) groups is 2. The van der Waals surface area contributed by atoms with Gasteiger partial charge in [-0.15, -0.1) is 0 Å². The van der Waals surface area contributed by atoms with Gasteiger partial charge in [0.1, 0.15) is 18.3 Å². The van der Waals surface area contributed by atoms with Crippen LogP contribution in [-0.2, 0) is 20.7 Å². The standard InChI is InChI=1S/C27H31NO12/c1-11(29)28-15-7-5-12-9-18(39-27-22(33)20(31)21(32)25(40-27)26(34)35)23(37-3)24(38-4)19(12)13-6-8-17(36-2)16(30)10-14(13)15/h6,8-10,15,20-22,25,27,31-33H,5,7H2,1-4H3,(H,28,29)(H,34,35)/t15-,20-,21-,22+,25-,27+/m0/s1. The first kappa shape index (κ1) is 29.1. The lowest BCUT2D eigenvalue weighted by Crippen LogP contribution is -2.61. The summed E-state index contributed by atoms with van der Waals surface area (Å²) in [6, 6.07) is 5.65. The number of aliphatic hydroxyl groups excluding tert-OH is 3. The van der Waals surface area contributed by atoms with E-state index in [0.29, 0.717) is 35.1 Å². The summed E-state index contributed by atoms with van der Waals surface area (Å²) in [6.45, 7) is 1.38. The Bertz CT molecular complexity index is 1360. The van der Waals surface area contributed by atoms with E-state index in [9.17, 15) is 34.8 Å². The Balaban J connectivity index is 1.89. The molecule has 1 fully saturated rings. The minimum atomic E-state index is -1.89. The first-order valence-corrected chi connectivity index (χ1v) is 12.4. The van der Waals surface area contributed by atoms with Gasteiger partial charge >= 0.3 is 5.97 Å². The van der Waals surface area contributed by atoms with Crippen molar-refractivity contribution in [2.45, 2.75) is 56.5 Å². The predicted molar refractivity (Wildman–Crippen MR) is 138 cm³/mol. The van der Waals surface area contributed by atoms with Crippen LogP contribution in [0.4, 0.5) is 0 Å². The molecule has 1 aliphatic heterocycles. The van der Waals surface area contributed by atoms with E-state index < -0.39 is 42.7 Å². The van der Waals surface area contributed by atoms with Gasteiger partial charge in [-0.2, -0.15) is 0 Å². The highest BCUT2D eigenvalue weighted by atomic mass is 16.7. The number of carbonyl (C=O) groups excluding carboxylic acids is 1. The van der Waals surface area contributed by atoms with Crippen molar-refractivity contribution in [2.75, 3.05) is 21.3 Å².